The molecule has 162 valence electrons. The molecule has 0 amide bonds. The van der Waals surface area contributed by atoms with Crippen LogP contribution >= 0.6 is 0 Å². The van der Waals surface area contributed by atoms with E-state index >= 15 is 0 Å². The third-order valence-electron chi connectivity index (χ3n) is 10.6. The van der Waals surface area contributed by atoms with Crippen molar-refractivity contribution in [3.8, 4) is 0 Å². The maximum Gasteiger partial charge on any atom is 0.0591 e. The standard InChI is InChI=1S/C26H46O2/c1-17(10-13-24(2,3)28)21-8-9-22-20-7-6-18-16-19(27)11-14-25(18,4)23(20)12-15-26(21,22)5/h17-23,27-28H,6-16H2,1-5H3. The lowest BCUT2D eigenvalue weighted by molar-refractivity contribution is -0.129. The molecule has 9 atom stereocenters. The van der Waals surface area contributed by atoms with Crippen LogP contribution in [0.4, 0.5) is 0 Å². The van der Waals surface area contributed by atoms with Gasteiger partial charge in [-0.3, -0.25) is 0 Å². The summed E-state index contributed by atoms with van der Waals surface area (Å²) in [5, 5.41) is 20.4. The second kappa shape index (κ2) is 7.26. The van der Waals surface area contributed by atoms with Crippen LogP contribution in [-0.4, -0.2) is 21.9 Å². The SMILES string of the molecule is CC(CCC(C)(C)O)C1CCC2C3CCC4CC(O)CCC4(C)C3CCC12C. The molecule has 0 spiro atoms. The van der Waals surface area contributed by atoms with Crippen LogP contribution in [-0.2, 0) is 0 Å². The average molecular weight is 391 g/mol. The van der Waals surface area contributed by atoms with Crippen LogP contribution in [0.2, 0.25) is 0 Å². The molecule has 2 heteroatoms. The first-order chi connectivity index (χ1) is 13.0. The van der Waals surface area contributed by atoms with Crippen LogP contribution in [0.5, 0.6) is 0 Å². The molecule has 4 fully saturated rings. The Hall–Kier alpha value is -0.0800. The Balaban J connectivity index is 1.49. The van der Waals surface area contributed by atoms with E-state index in [1.165, 1.54) is 51.4 Å². The molecule has 9 unspecified atom stereocenters. The number of hydrogen-bond acceptors (Lipinski definition) is 2. The van der Waals surface area contributed by atoms with E-state index in [-0.39, 0.29) is 6.10 Å². The van der Waals surface area contributed by atoms with E-state index < -0.39 is 5.60 Å². The largest absolute Gasteiger partial charge is 0.393 e. The monoisotopic (exact) mass is 390 g/mol. The molecule has 0 radical (unpaired) electrons. The van der Waals surface area contributed by atoms with Crippen molar-refractivity contribution in [3.63, 3.8) is 0 Å². The summed E-state index contributed by atoms with van der Waals surface area (Å²) in [6.07, 6.45) is 13.9. The first-order valence-electron chi connectivity index (χ1n) is 12.4. The van der Waals surface area contributed by atoms with Gasteiger partial charge in [-0.1, -0.05) is 20.8 Å². The number of aliphatic hydroxyl groups is 2. The van der Waals surface area contributed by atoms with Gasteiger partial charge in [-0.2, -0.15) is 0 Å². The van der Waals surface area contributed by atoms with E-state index in [4.69, 9.17) is 0 Å². The lowest BCUT2D eigenvalue weighted by atomic mass is 9.44. The topological polar surface area (TPSA) is 40.5 Å². The summed E-state index contributed by atoms with van der Waals surface area (Å²) >= 11 is 0. The van der Waals surface area contributed by atoms with Crippen molar-refractivity contribution >= 4 is 0 Å². The molecule has 4 aliphatic rings. The van der Waals surface area contributed by atoms with Gasteiger partial charge in [-0.25, -0.2) is 0 Å². The van der Waals surface area contributed by atoms with E-state index in [0.29, 0.717) is 10.8 Å². The molecule has 2 N–H and O–H groups in total. The van der Waals surface area contributed by atoms with Crippen LogP contribution in [0.3, 0.4) is 0 Å². The molecule has 0 saturated heterocycles. The highest BCUT2D eigenvalue weighted by molar-refractivity contribution is 5.09. The Kier molecular flexibility index (Phi) is 5.49. The quantitative estimate of drug-likeness (QED) is 0.600. The minimum Gasteiger partial charge on any atom is -0.393 e. The number of fused-ring (bicyclic) bond motifs is 5. The van der Waals surface area contributed by atoms with Gasteiger partial charge in [0.1, 0.15) is 0 Å². The third kappa shape index (κ3) is 3.49. The summed E-state index contributed by atoms with van der Waals surface area (Å²) in [6.45, 7) is 11.6. The minimum atomic E-state index is -0.524. The fraction of sp³-hybridized carbons (Fsp3) is 1.00. The summed E-state index contributed by atoms with van der Waals surface area (Å²) in [6, 6.07) is 0. The molecule has 0 bridgehead atoms. The van der Waals surface area contributed by atoms with E-state index in [1.54, 1.807) is 0 Å². The third-order valence-corrected chi connectivity index (χ3v) is 10.6. The Bertz CT molecular complexity index is 565. The van der Waals surface area contributed by atoms with Crippen molar-refractivity contribution in [2.75, 3.05) is 0 Å². The smallest absolute Gasteiger partial charge is 0.0591 e. The molecule has 4 saturated carbocycles. The van der Waals surface area contributed by atoms with Crippen molar-refractivity contribution in [1.82, 2.24) is 0 Å². The van der Waals surface area contributed by atoms with Gasteiger partial charge < -0.3 is 10.2 Å². The fourth-order valence-corrected chi connectivity index (χ4v) is 8.99. The van der Waals surface area contributed by atoms with Gasteiger partial charge in [0.15, 0.2) is 0 Å². The summed E-state index contributed by atoms with van der Waals surface area (Å²) in [5.74, 6) is 5.11. The molecule has 4 rings (SSSR count). The highest BCUT2D eigenvalue weighted by atomic mass is 16.3. The first-order valence-corrected chi connectivity index (χ1v) is 12.4. The number of aliphatic hydroxyl groups excluding tert-OH is 1. The van der Waals surface area contributed by atoms with Crippen molar-refractivity contribution in [2.24, 2.45) is 46.3 Å². The van der Waals surface area contributed by atoms with Gasteiger partial charge in [-0.15, -0.1) is 0 Å². The van der Waals surface area contributed by atoms with Crippen LogP contribution in [0.15, 0.2) is 0 Å². The predicted octanol–water partition coefficient (Wildman–Crippen LogP) is 6.19. The van der Waals surface area contributed by atoms with Crippen molar-refractivity contribution in [3.05, 3.63) is 0 Å². The highest BCUT2D eigenvalue weighted by Gasteiger charge is 2.60. The molecule has 0 heterocycles. The van der Waals surface area contributed by atoms with Crippen LogP contribution in [0.1, 0.15) is 105 Å². The van der Waals surface area contributed by atoms with E-state index in [1.807, 2.05) is 13.8 Å². The molecule has 0 aromatic rings. The van der Waals surface area contributed by atoms with Crippen LogP contribution in [0, 0.1) is 46.3 Å². The van der Waals surface area contributed by atoms with E-state index in [2.05, 4.69) is 20.8 Å². The van der Waals surface area contributed by atoms with Crippen LogP contribution in [0.25, 0.3) is 0 Å². The Morgan fingerprint density at radius 3 is 2.32 bits per heavy atom. The van der Waals surface area contributed by atoms with E-state index in [9.17, 15) is 10.2 Å². The van der Waals surface area contributed by atoms with E-state index in [0.717, 1.165) is 54.8 Å². The Morgan fingerprint density at radius 2 is 1.61 bits per heavy atom. The lowest BCUT2D eigenvalue weighted by Crippen LogP contribution is -2.54. The van der Waals surface area contributed by atoms with Gasteiger partial charge in [-0.05, 0) is 131 Å². The zero-order chi connectivity index (χ0) is 20.3. The van der Waals surface area contributed by atoms with Gasteiger partial charge >= 0.3 is 0 Å². The number of hydrogen-bond donors (Lipinski definition) is 2. The predicted molar refractivity (Wildman–Crippen MR) is 116 cm³/mol. The normalized spacial score (nSPS) is 49.8. The van der Waals surface area contributed by atoms with Crippen LogP contribution < -0.4 is 0 Å². The highest BCUT2D eigenvalue weighted by Crippen LogP contribution is 2.68. The second-order valence-electron chi connectivity index (χ2n) is 12.6. The Morgan fingerprint density at radius 1 is 0.929 bits per heavy atom. The average Bonchev–Trinajstić information content (AvgIpc) is 2.97. The summed E-state index contributed by atoms with van der Waals surface area (Å²) in [4.78, 5) is 0. The van der Waals surface area contributed by atoms with Gasteiger partial charge in [0.05, 0.1) is 11.7 Å². The maximum atomic E-state index is 10.2. The minimum absolute atomic E-state index is 0.0315. The molecule has 28 heavy (non-hydrogen) atoms. The first kappa shape index (κ1) is 21.2. The number of rotatable bonds is 4. The molecule has 2 nitrogen and oxygen atoms in total. The summed E-state index contributed by atoms with van der Waals surface area (Å²) < 4.78 is 0. The summed E-state index contributed by atoms with van der Waals surface area (Å²) in [5.41, 5.74) is 0.495. The lowest BCUT2D eigenvalue weighted by Gasteiger charge is -2.61. The molecular weight excluding hydrogens is 344 g/mol. The zero-order valence-electron chi connectivity index (χ0n) is 19.2. The molecule has 0 aromatic heterocycles. The van der Waals surface area contributed by atoms with Crippen molar-refractivity contribution in [2.45, 2.75) is 117 Å². The molecule has 4 aliphatic carbocycles. The maximum absolute atomic E-state index is 10.2. The molecule has 0 aromatic carbocycles. The fourth-order valence-electron chi connectivity index (χ4n) is 8.99. The van der Waals surface area contributed by atoms with Crippen molar-refractivity contribution < 1.29 is 10.2 Å². The van der Waals surface area contributed by atoms with Gasteiger partial charge in [0.25, 0.3) is 0 Å². The molecule has 0 aliphatic heterocycles. The Labute approximate surface area is 173 Å². The van der Waals surface area contributed by atoms with Gasteiger partial charge in [0.2, 0.25) is 0 Å². The molecular formula is C26H46O2. The second-order valence-corrected chi connectivity index (χ2v) is 12.6. The van der Waals surface area contributed by atoms with Crippen molar-refractivity contribution in [1.29, 1.82) is 0 Å². The zero-order valence-corrected chi connectivity index (χ0v) is 19.2. The van der Waals surface area contributed by atoms with Gasteiger partial charge in [0, 0.05) is 0 Å². The summed E-state index contributed by atoms with van der Waals surface area (Å²) in [7, 11) is 0.